The minimum atomic E-state index is -0.495. The van der Waals surface area contributed by atoms with Crippen LogP contribution in [0.3, 0.4) is 0 Å². The van der Waals surface area contributed by atoms with Gasteiger partial charge in [0, 0.05) is 20.3 Å². The molecule has 0 spiro atoms. The van der Waals surface area contributed by atoms with E-state index < -0.39 is 11.8 Å². The quantitative estimate of drug-likeness (QED) is 0.903. The highest BCUT2D eigenvalue weighted by Gasteiger charge is 2.07. The number of para-hydroxylation sites is 1. The number of anilines is 2. The predicted molar refractivity (Wildman–Crippen MR) is 78.6 cm³/mol. The molecule has 0 aliphatic carbocycles. The van der Waals surface area contributed by atoms with Crippen LogP contribution in [-0.4, -0.2) is 30.1 Å². The third-order valence-corrected chi connectivity index (χ3v) is 2.65. The largest absolute Gasteiger partial charge is 0.347 e. The number of amides is 2. The second kappa shape index (κ2) is 6.65. The van der Waals surface area contributed by atoms with Gasteiger partial charge in [-0.15, -0.1) is 0 Å². The Morgan fingerprint density at radius 1 is 1.29 bits per heavy atom. The number of urea groups is 1. The van der Waals surface area contributed by atoms with Crippen LogP contribution in [0, 0.1) is 5.82 Å². The lowest BCUT2D eigenvalue weighted by Crippen LogP contribution is -2.29. The van der Waals surface area contributed by atoms with Gasteiger partial charge >= 0.3 is 6.03 Å². The normalized spacial score (nSPS) is 10.0. The summed E-state index contributed by atoms with van der Waals surface area (Å²) in [5, 5.41) is 5.05. The molecule has 0 aliphatic heterocycles. The number of carbonyl (C=O) groups is 1. The van der Waals surface area contributed by atoms with Gasteiger partial charge in [0.2, 0.25) is 5.95 Å². The second-order valence-electron chi connectivity index (χ2n) is 4.53. The molecule has 0 aliphatic rings. The molecule has 0 unspecified atom stereocenters. The SMILES string of the molecule is CN(C)c1nccc(CNC(=O)Nc2ccccc2F)n1. The van der Waals surface area contributed by atoms with Gasteiger partial charge in [0.1, 0.15) is 5.82 Å². The Bertz CT molecular complexity index is 632. The van der Waals surface area contributed by atoms with Crippen molar-refractivity contribution >= 4 is 17.7 Å². The third-order valence-electron chi connectivity index (χ3n) is 2.65. The number of benzene rings is 1. The summed E-state index contributed by atoms with van der Waals surface area (Å²) in [5.41, 5.74) is 0.795. The minimum Gasteiger partial charge on any atom is -0.347 e. The Morgan fingerprint density at radius 3 is 2.76 bits per heavy atom. The molecule has 0 atom stereocenters. The summed E-state index contributed by atoms with van der Waals surface area (Å²) >= 11 is 0. The van der Waals surface area contributed by atoms with Crippen LogP contribution in [0.5, 0.6) is 0 Å². The van der Waals surface area contributed by atoms with Crippen molar-refractivity contribution in [1.29, 1.82) is 0 Å². The van der Waals surface area contributed by atoms with E-state index in [1.807, 2.05) is 14.1 Å². The van der Waals surface area contributed by atoms with E-state index in [0.717, 1.165) is 0 Å². The Balaban J connectivity index is 1.92. The van der Waals surface area contributed by atoms with Gasteiger partial charge in [-0.05, 0) is 18.2 Å². The summed E-state index contributed by atoms with van der Waals surface area (Å²) in [7, 11) is 3.66. The lowest BCUT2D eigenvalue weighted by atomic mass is 10.3. The van der Waals surface area contributed by atoms with Crippen molar-refractivity contribution in [2.45, 2.75) is 6.54 Å². The molecule has 2 rings (SSSR count). The van der Waals surface area contributed by atoms with Gasteiger partial charge in [-0.3, -0.25) is 0 Å². The molecule has 1 heterocycles. The maximum absolute atomic E-state index is 13.4. The molecule has 1 aromatic heterocycles. The van der Waals surface area contributed by atoms with Gasteiger partial charge < -0.3 is 15.5 Å². The fraction of sp³-hybridized carbons (Fsp3) is 0.214. The summed E-state index contributed by atoms with van der Waals surface area (Å²) in [6.07, 6.45) is 1.62. The fourth-order valence-electron chi connectivity index (χ4n) is 1.60. The van der Waals surface area contributed by atoms with Crippen molar-refractivity contribution in [2.24, 2.45) is 0 Å². The molecule has 0 saturated carbocycles. The highest BCUT2D eigenvalue weighted by atomic mass is 19.1. The standard InChI is InChI=1S/C14H16FN5O/c1-20(2)13-16-8-7-10(18-13)9-17-14(21)19-12-6-4-3-5-11(12)15/h3-8H,9H2,1-2H3,(H2,17,19,21). The number of nitrogens with one attached hydrogen (secondary N) is 2. The molecule has 0 radical (unpaired) electrons. The van der Waals surface area contributed by atoms with E-state index in [9.17, 15) is 9.18 Å². The highest BCUT2D eigenvalue weighted by Crippen LogP contribution is 2.12. The van der Waals surface area contributed by atoms with E-state index in [1.165, 1.54) is 12.1 Å². The summed E-state index contributed by atoms with van der Waals surface area (Å²) in [5.74, 6) is 0.0772. The van der Waals surface area contributed by atoms with Crippen LogP contribution < -0.4 is 15.5 Å². The van der Waals surface area contributed by atoms with E-state index in [-0.39, 0.29) is 12.2 Å². The van der Waals surface area contributed by atoms with Crippen molar-refractivity contribution in [1.82, 2.24) is 15.3 Å². The van der Waals surface area contributed by atoms with Gasteiger partial charge in [-0.25, -0.2) is 19.2 Å². The van der Waals surface area contributed by atoms with Crippen LogP contribution in [0.1, 0.15) is 5.69 Å². The van der Waals surface area contributed by atoms with Gasteiger partial charge in [0.25, 0.3) is 0 Å². The average molecular weight is 289 g/mol. The van der Waals surface area contributed by atoms with Crippen LogP contribution in [0.15, 0.2) is 36.5 Å². The molecule has 0 bridgehead atoms. The van der Waals surface area contributed by atoms with Crippen LogP contribution in [0.4, 0.5) is 20.8 Å². The molecule has 1 aromatic carbocycles. The number of rotatable bonds is 4. The summed E-state index contributed by atoms with van der Waals surface area (Å²) in [6, 6.07) is 7.18. The average Bonchev–Trinajstić information content (AvgIpc) is 2.48. The zero-order valence-corrected chi connectivity index (χ0v) is 11.8. The molecule has 0 fully saturated rings. The van der Waals surface area contributed by atoms with E-state index >= 15 is 0 Å². The van der Waals surface area contributed by atoms with E-state index in [2.05, 4.69) is 20.6 Å². The Morgan fingerprint density at radius 2 is 2.05 bits per heavy atom. The first-order valence-electron chi connectivity index (χ1n) is 6.35. The molecule has 2 aromatic rings. The minimum absolute atomic E-state index is 0.131. The van der Waals surface area contributed by atoms with Gasteiger partial charge in [-0.2, -0.15) is 0 Å². The fourth-order valence-corrected chi connectivity index (χ4v) is 1.60. The van der Waals surface area contributed by atoms with Crippen molar-refractivity contribution in [3.63, 3.8) is 0 Å². The maximum atomic E-state index is 13.4. The molecule has 21 heavy (non-hydrogen) atoms. The van der Waals surface area contributed by atoms with Crippen LogP contribution in [0.25, 0.3) is 0 Å². The zero-order chi connectivity index (χ0) is 15.2. The first-order chi connectivity index (χ1) is 10.1. The molecular formula is C14H16FN5O. The lowest BCUT2D eigenvalue weighted by molar-refractivity contribution is 0.251. The van der Waals surface area contributed by atoms with Crippen molar-refractivity contribution in [3.8, 4) is 0 Å². The first-order valence-corrected chi connectivity index (χ1v) is 6.35. The Kier molecular flexibility index (Phi) is 4.65. The first kappa shape index (κ1) is 14.7. The third kappa shape index (κ3) is 4.13. The van der Waals surface area contributed by atoms with Crippen molar-refractivity contribution in [3.05, 3.63) is 48.0 Å². The lowest BCUT2D eigenvalue weighted by Gasteiger charge is -2.11. The number of nitrogens with zero attached hydrogens (tertiary/aromatic N) is 3. The van der Waals surface area contributed by atoms with Gasteiger partial charge in [0.05, 0.1) is 17.9 Å². The molecule has 6 nitrogen and oxygen atoms in total. The predicted octanol–water partition coefficient (Wildman–Crippen LogP) is 2.00. The number of carbonyl (C=O) groups excluding carboxylic acids is 1. The van der Waals surface area contributed by atoms with Gasteiger partial charge in [0.15, 0.2) is 0 Å². The number of hydrogen-bond acceptors (Lipinski definition) is 4. The van der Waals surface area contributed by atoms with Crippen LogP contribution >= 0.6 is 0 Å². The van der Waals surface area contributed by atoms with Crippen LogP contribution in [-0.2, 0) is 6.54 Å². The highest BCUT2D eigenvalue weighted by molar-refractivity contribution is 5.89. The Labute approximate surface area is 122 Å². The van der Waals surface area contributed by atoms with Crippen molar-refractivity contribution < 1.29 is 9.18 Å². The van der Waals surface area contributed by atoms with Crippen molar-refractivity contribution in [2.75, 3.05) is 24.3 Å². The monoisotopic (exact) mass is 289 g/mol. The molecule has 0 saturated heterocycles. The number of hydrogen-bond donors (Lipinski definition) is 2. The topological polar surface area (TPSA) is 70.2 Å². The molecule has 2 N–H and O–H groups in total. The molecular weight excluding hydrogens is 273 g/mol. The molecule has 110 valence electrons. The smallest absolute Gasteiger partial charge is 0.319 e. The second-order valence-corrected chi connectivity index (χ2v) is 4.53. The summed E-state index contributed by atoms with van der Waals surface area (Å²) in [6.45, 7) is 0.226. The summed E-state index contributed by atoms with van der Waals surface area (Å²) < 4.78 is 13.4. The zero-order valence-electron chi connectivity index (χ0n) is 11.8. The Hall–Kier alpha value is -2.70. The number of halogens is 1. The van der Waals surface area contributed by atoms with Crippen LogP contribution in [0.2, 0.25) is 0 Å². The van der Waals surface area contributed by atoms with E-state index in [4.69, 9.17) is 0 Å². The number of aromatic nitrogens is 2. The maximum Gasteiger partial charge on any atom is 0.319 e. The van der Waals surface area contributed by atoms with Gasteiger partial charge in [-0.1, -0.05) is 12.1 Å². The molecule has 7 heteroatoms. The molecule has 2 amide bonds. The van der Waals surface area contributed by atoms with E-state index in [0.29, 0.717) is 11.6 Å². The van der Waals surface area contributed by atoms with E-state index in [1.54, 1.807) is 29.3 Å². The summed E-state index contributed by atoms with van der Waals surface area (Å²) in [4.78, 5) is 21.8.